The van der Waals surface area contributed by atoms with Crippen LogP contribution in [-0.2, 0) is 0 Å². The number of aromatic nitrogens is 2. The Morgan fingerprint density at radius 3 is 2.42 bits per heavy atom. The molecule has 3 aromatic rings. The Kier molecular flexibility index (Phi) is 5.92. The molecule has 2 aromatic carbocycles. The number of benzene rings is 2. The minimum atomic E-state index is -0.949. The normalized spacial score (nSPS) is 14.5. The Morgan fingerprint density at radius 2 is 1.74 bits per heavy atom. The molecule has 1 aliphatic rings. The fourth-order valence-electron chi connectivity index (χ4n) is 3.55. The second-order valence-electron chi connectivity index (χ2n) is 7.46. The average molecular weight is 439 g/mol. The third-order valence-electron chi connectivity index (χ3n) is 5.39. The van der Waals surface area contributed by atoms with Gasteiger partial charge in [0.2, 0.25) is 0 Å². The summed E-state index contributed by atoms with van der Waals surface area (Å²) in [7, 11) is 2.12. The first kappa shape index (κ1) is 20.9. The summed E-state index contributed by atoms with van der Waals surface area (Å²) >= 11 is 6.07. The number of aromatic carboxylic acids is 1. The molecule has 4 rings (SSSR count). The van der Waals surface area contributed by atoms with Gasteiger partial charge in [0.15, 0.2) is 11.0 Å². The molecule has 0 unspecified atom stereocenters. The number of anilines is 4. The topological polar surface area (TPSA) is 108 Å². The highest BCUT2D eigenvalue weighted by Crippen LogP contribution is 2.35. The van der Waals surface area contributed by atoms with Crippen LogP contribution in [0.3, 0.4) is 0 Å². The summed E-state index contributed by atoms with van der Waals surface area (Å²) < 4.78 is 0. The first-order valence-corrected chi connectivity index (χ1v) is 10.2. The van der Waals surface area contributed by atoms with Crippen molar-refractivity contribution in [3.05, 3.63) is 59.5 Å². The minimum Gasteiger partial charge on any atom is -0.478 e. The van der Waals surface area contributed by atoms with Gasteiger partial charge in [0.1, 0.15) is 12.0 Å². The predicted octanol–water partition coefficient (Wildman–Crippen LogP) is 3.57. The highest BCUT2D eigenvalue weighted by atomic mass is 35.5. The lowest BCUT2D eigenvalue weighted by atomic mass is 10.0. The van der Waals surface area contributed by atoms with Crippen LogP contribution in [0.4, 0.5) is 22.9 Å². The summed E-state index contributed by atoms with van der Waals surface area (Å²) in [5.74, 6) is -0.510. The summed E-state index contributed by atoms with van der Waals surface area (Å²) in [6.45, 7) is 3.74. The van der Waals surface area contributed by atoms with Crippen molar-refractivity contribution in [1.82, 2.24) is 14.9 Å². The molecule has 1 saturated heterocycles. The van der Waals surface area contributed by atoms with E-state index in [1.165, 1.54) is 6.33 Å². The van der Waals surface area contributed by atoms with Crippen LogP contribution < -0.4 is 16.0 Å². The summed E-state index contributed by atoms with van der Waals surface area (Å²) in [5.41, 5.74) is 10.3. The molecule has 0 amide bonds. The van der Waals surface area contributed by atoms with Gasteiger partial charge in [0.25, 0.3) is 0 Å². The van der Waals surface area contributed by atoms with E-state index < -0.39 is 5.97 Å². The highest BCUT2D eigenvalue weighted by Gasteiger charge is 2.19. The Labute approximate surface area is 185 Å². The van der Waals surface area contributed by atoms with Crippen LogP contribution in [0, 0.1) is 0 Å². The molecule has 1 aliphatic heterocycles. The SMILES string of the molecule is CN1CCN(c2ccc(-c3ccc(C(=O)O)cc3)cc2Nc2ncnc(Cl)c2N)CC1. The molecular weight excluding hydrogens is 416 g/mol. The van der Waals surface area contributed by atoms with Crippen LogP contribution in [-0.4, -0.2) is 59.2 Å². The van der Waals surface area contributed by atoms with Crippen molar-refractivity contribution in [2.75, 3.05) is 49.2 Å². The van der Waals surface area contributed by atoms with Crippen LogP contribution in [0.2, 0.25) is 5.15 Å². The van der Waals surface area contributed by atoms with Crippen LogP contribution in [0.15, 0.2) is 48.8 Å². The maximum Gasteiger partial charge on any atom is 0.335 e. The maximum absolute atomic E-state index is 11.2. The summed E-state index contributed by atoms with van der Waals surface area (Å²) in [4.78, 5) is 23.9. The Morgan fingerprint density at radius 1 is 1.06 bits per heavy atom. The Hall–Kier alpha value is -3.36. The van der Waals surface area contributed by atoms with Gasteiger partial charge in [-0.2, -0.15) is 0 Å². The quantitative estimate of drug-likeness (QED) is 0.519. The molecule has 31 heavy (non-hydrogen) atoms. The van der Waals surface area contributed by atoms with Crippen molar-refractivity contribution in [2.45, 2.75) is 0 Å². The number of halogens is 1. The molecule has 1 aromatic heterocycles. The van der Waals surface area contributed by atoms with Crippen molar-refractivity contribution in [3.63, 3.8) is 0 Å². The number of hydrogen-bond acceptors (Lipinski definition) is 7. The Balaban J connectivity index is 1.73. The number of carbonyl (C=O) groups is 1. The van der Waals surface area contributed by atoms with E-state index in [0.717, 1.165) is 48.7 Å². The second kappa shape index (κ2) is 8.79. The minimum absolute atomic E-state index is 0.194. The number of nitrogens with two attached hydrogens (primary N) is 1. The standard InChI is InChI=1S/C22H23ClN6O2/c1-28-8-10-29(11-9-28)18-7-6-16(14-2-4-15(5-3-14)22(30)31)12-17(18)27-21-19(24)20(23)25-13-26-21/h2-7,12-13H,8-11,24H2,1H3,(H,30,31)(H,25,26,27). The van der Waals surface area contributed by atoms with Gasteiger partial charge in [-0.1, -0.05) is 29.8 Å². The zero-order valence-corrected chi connectivity index (χ0v) is 17.8. The highest BCUT2D eigenvalue weighted by molar-refractivity contribution is 6.32. The Bertz CT molecular complexity index is 1100. The van der Waals surface area contributed by atoms with E-state index in [2.05, 4.69) is 38.2 Å². The molecule has 0 bridgehead atoms. The zero-order valence-electron chi connectivity index (χ0n) is 17.0. The van der Waals surface area contributed by atoms with E-state index in [4.69, 9.17) is 22.4 Å². The first-order chi connectivity index (χ1) is 14.9. The van der Waals surface area contributed by atoms with Gasteiger partial charge in [-0.25, -0.2) is 14.8 Å². The van der Waals surface area contributed by atoms with E-state index in [1.807, 2.05) is 12.1 Å². The van der Waals surface area contributed by atoms with Gasteiger partial charge < -0.3 is 26.0 Å². The molecule has 0 saturated carbocycles. The fourth-order valence-corrected chi connectivity index (χ4v) is 3.68. The van der Waals surface area contributed by atoms with E-state index in [9.17, 15) is 4.79 Å². The molecule has 8 nitrogen and oxygen atoms in total. The number of nitrogens with zero attached hydrogens (tertiary/aromatic N) is 4. The van der Waals surface area contributed by atoms with Crippen molar-refractivity contribution in [3.8, 4) is 11.1 Å². The average Bonchev–Trinajstić information content (AvgIpc) is 2.78. The van der Waals surface area contributed by atoms with Gasteiger partial charge in [-0.3, -0.25) is 0 Å². The van der Waals surface area contributed by atoms with Gasteiger partial charge in [-0.15, -0.1) is 0 Å². The second-order valence-corrected chi connectivity index (χ2v) is 7.81. The van der Waals surface area contributed by atoms with Crippen LogP contribution >= 0.6 is 11.6 Å². The first-order valence-electron chi connectivity index (χ1n) is 9.86. The fraction of sp³-hybridized carbons (Fsp3) is 0.227. The lowest BCUT2D eigenvalue weighted by molar-refractivity contribution is 0.0697. The van der Waals surface area contributed by atoms with Gasteiger partial charge in [0, 0.05) is 26.2 Å². The smallest absolute Gasteiger partial charge is 0.335 e. The lowest BCUT2D eigenvalue weighted by Crippen LogP contribution is -2.44. The van der Waals surface area contributed by atoms with Gasteiger partial charge in [-0.05, 0) is 42.4 Å². The molecule has 1 fully saturated rings. The van der Waals surface area contributed by atoms with Crippen molar-refractivity contribution >= 4 is 40.5 Å². The van der Waals surface area contributed by atoms with E-state index >= 15 is 0 Å². The number of rotatable bonds is 5. The third kappa shape index (κ3) is 4.55. The molecule has 0 atom stereocenters. The number of piperazine rings is 1. The summed E-state index contributed by atoms with van der Waals surface area (Å²) in [6.07, 6.45) is 1.37. The molecule has 4 N–H and O–H groups in total. The molecule has 160 valence electrons. The van der Waals surface area contributed by atoms with Crippen molar-refractivity contribution < 1.29 is 9.90 Å². The monoisotopic (exact) mass is 438 g/mol. The molecule has 0 radical (unpaired) electrons. The van der Waals surface area contributed by atoms with Crippen molar-refractivity contribution in [2.24, 2.45) is 0 Å². The number of hydrogen-bond donors (Lipinski definition) is 3. The number of carboxylic acids is 1. The largest absolute Gasteiger partial charge is 0.478 e. The molecule has 9 heteroatoms. The van der Waals surface area contributed by atoms with Crippen molar-refractivity contribution in [1.29, 1.82) is 0 Å². The third-order valence-corrected chi connectivity index (χ3v) is 5.70. The van der Waals surface area contributed by atoms with Gasteiger partial charge in [0.05, 0.1) is 16.9 Å². The zero-order chi connectivity index (χ0) is 22.0. The number of likely N-dealkylation sites (N-methyl/N-ethyl adjacent to an activating group) is 1. The number of nitrogen functional groups attached to an aromatic ring is 1. The van der Waals surface area contributed by atoms with Gasteiger partial charge >= 0.3 is 5.97 Å². The number of carboxylic acid groups (broad SMARTS) is 1. The summed E-state index contributed by atoms with van der Waals surface area (Å²) in [6, 6.07) is 12.9. The van der Waals surface area contributed by atoms with Crippen LogP contribution in [0.25, 0.3) is 11.1 Å². The summed E-state index contributed by atoms with van der Waals surface area (Å²) in [5, 5.41) is 12.7. The van der Waals surface area contributed by atoms with E-state index in [0.29, 0.717) is 5.82 Å². The maximum atomic E-state index is 11.2. The molecule has 0 spiro atoms. The predicted molar refractivity (Wildman–Crippen MR) is 123 cm³/mol. The molecule has 2 heterocycles. The molecular formula is C22H23ClN6O2. The molecule has 0 aliphatic carbocycles. The number of nitrogens with one attached hydrogen (secondary N) is 1. The van der Waals surface area contributed by atoms with Crippen LogP contribution in [0.1, 0.15) is 10.4 Å². The van der Waals surface area contributed by atoms with E-state index in [-0.39, 0.29) is 16.4 Å². The lowest BCUT2D eigenvalue weighted by Gasteiger charge is -2.35. The van der Waals surface area contributed by atoms with Crippen LogP contribution in [0.5, 0.6) is 0 Å². The van der Waals surface area contributed by atoms with E-state index in [1.54, 1.807) is 24.3 Å².